The van der Waals surface area contributed by atoms with Gasteiger partial charge in [-0.05, 0) is 30.2 Å². The Morgan fingerprint density at radius 1 is 0.947 bits per heavy atom. The minimum Gasteiger partial charge on any atom is -0.463 e. The number of carbonyl (C=O) groups excluding carboxylic acids is 2. The van der Waals surface area contributed by atoms with Crippen molar-refractivity contribution in [2.45, 2.75) is 26.2 Å². The third-order valence-corrected chi connectivity index (χ3v) is 5.09. The molecule has 5 nitrogen and oxygen atoms in total. The van der Waals surface area contributed by atoms with E-state index in [0.717, 1.165) is 0 Å². The largest absolute Gasteiger partial charge is 0.463 e. The third-order valence-electron chi connectivity index (χ3n) is 2.71. The van der Waals surface area contributed by atoms with Crippen molar-refractivity contribution < 1.29 is 23.8 Å². The summed E-state index contributed by atoms with van der Waals surface area (Å²) in [6.07, 6.45) is 3.79. The summed E-state index contributed by atoms with van der Waals surface area (Å²) in [5, 5.41) is 0. The van der Waals surface area contributed by atoms with Crippen LogP contribution in [0.3, 0.4) is 0 Å². The third kappa shape index (κ3) is 8.88. The molecule has 0 amide bonds. The summed E-state index contributed by atoms with van der Waals surface area (Å²) < 4.78 is 15.0. The molecule has 0 aromatic heterocycles. The fraction of sp³-hybridized carbons (Fsp3) is 0.846. The van der Waals surface area contributed by atoms with Crippen molar-refractivity contribution in [2.24, 2.45) is 0 Å². The van der Waals surface area contributed by atoms with Crippen LogP contribution in [-0.4, -0.2) is 55.6 Å². The lowest BCUT2D eigenvalue weighted by molar-refractivity contribution is -0.143. The van der Waals surface area contributed by atoms with Crippen molar-refractivity contribution in [3.63, 3.8) is 0 Å². The average molecular weight is 291 g/mol. The highest BCUT2D eigenvalue weighted by Crippen LogP contribution is 2.13. The number of carbonyl (C=O) groups is 2. The second-order valence-corrected chi connectivity index (χ2v) is 6.73. The van der Waals surface area contributed by atoms with Crippen LogP contribution in [0, 0.1) is 0 Å². The van der Waals surface area contributed by atoms with Crippen molar-refractivity contribution in [2.75, 3.05) is 43.7 Å². The average Bonchev–Trinajstić information content (AvgIpc) is 2.38. The van der Waals surface area contributed by atoms with E-state index in [1.165, 1.54) is 37.7 Å². The van der Waals surface area contributed by atoms with Crippen molar-refractivity contribution in [1.82, 2.24) is 0 Å². The lowest BCUT2D eigenvalue weighted by atomic mass is 10.3. The number of rotatable bonds is 8. The minimum atomic E-state index is -0.316. The molecular formula is C13H23O5S+. The molecule has 1 fully saturated rings. The topological polar surface area (TPSA) is 61.8 Å². The summed E-state index contributed by atoms with van der Waals surface area (Å²) >= 11 is 0. The molecule has 19 heavy (non-hydrogen) atoms. The summed E-state index contributed by atoms with van der Waals surface area (Å²) in [5.41, 5.74) is 0. The van der Waals surface area contributed by atoms with Gasteiger partial charge < -0.3 is 14.2 Å². The van der Waals surface area contributed by atoms with Crippen LogP contribution in [-0.2, 0) is 34.7 Å². The highest BCUT2D eigenvalue weighted by Gasteiger charge is 2.25. The molecule has 0 N–H and O–H groups in total. The second-order valence-electron chi connectivity index (χ2n) is 4.40. The normalized spacial score (nSPS) is 16.1. The second kappa shape index (κ2) is 10.1. The maximum absolute atomic E-state index is 11.5. The molecule has 0 unspecified atom stereocenters. The Balaban J connectivity index is 1.90. The summed E-state index contributed by atoms with van der Waals surface area (Å²) in [6, 6.07) is 0. The molecule has 1 rings (SSSR count). The Kier molecular flexibility index (Phi) is 8.66. The van der Waals surface area contributed by atoms with Crippen LogP contribution >= 0.6 is 0 Å². The van der Waals surface area contributed by atoms with Gasteiger partial charge in [0.05, 0.1) is 13.2 Å². The molecule has 6 heteroatoms. The van der Waals surface area contributed by atoms with Gasteiger partial charge in [-0.25, -0.2) is 4.79 Å². The molecule has 0 bridgehead atoms. The molecule has 110 valence electrons. The smallest absolute Gasteiger partial charge is 0.356 e. The number of esters is 2. The van der Waals surface area contributed by atoms with Crippen molar-refractivity contribution >= 4 is 22.8 Å². The summed E-state index contributed by atoms with van der Waals surface area (Å²) in [5.74, 6) is 2.48. The summed E-state index contributed by atoms with van der Waals surface area (Å²) in [7, 11) is 0.237. The van der Waals surface area contributed by atoms with E-state index in [2.05, 4.69) is 0 Å². The van der Waals surface area contributed by atoms with Crippen LogP contribution in [0.1, 0.15) is 26.2 Å². The van der Waals surface area contributed by atoms with Gasteiger partial charge in [0.25, 0.3) is 0 Å². The van der Waals surface area contributed by atoms with Gasteiger partial charge in [0.1, 0.15) is 24.7 Å². The molecule has 0 aromatic carbocycles. The van der Waals surface area contributed by atoms with Gasteiger partial charge in [-0.2, -0.15) is 0 Å². The van der Waals surface area contributed by atoms with E-state index >= 15 is 0 Å². The van der Waals surface area contributed by atoms with Crippen molar-refractivity contribution in [3.8, 4) is 0 Å². The van der Waals surface area contributed by atoms with Gasteiger partial charge in [-0.3, -0.25) is 4.79 Å². The summed E-state index contributed by atoms with van der Waals surface area (Å²) in [4.78, 5) is 22.0. The van der Waals surface area contributed by atoms with E-state index in [9.17, 15) is 9.59 Å². The molecule has 0 aliphatic carbocycles. The standard InChI is InChI=1S/C13H23O5S/c1-12(14)17-7-5-16-6-8-18-13(15)11-19-9-3-2-4-10-19/h2-11H2,1H3/q+1. The van der Waals surface area contributed by atoms with Gasteiger partial charge in [0, 0.05) is 6.92 Å². The highest BCUT2D eigenvalue weighted by molar-refractivity contribution is 7.97. The van der Waals surface area contributed by atoms with Crippen molar-refractivity contribution in [3.05, 3.63) is 0 Å². The maximum atomic E-state index is 11.5. The Hall–Kier alpha value is -0.750. The van der Waals surface area contributed by atoms with E-state index in [-0.39, 0.29) is 36.0 Å². The van der Waals surface area contributed by atoms with Gasteiger partial charge >= 0.3 is 11.9 Å². The molecule has 0 spiro atoms. The van der Waals surface area contributed by atoms with E-state index in [4.69, 9.17) is 14.2 Å². The van der Waals surface area contributed by atoms with Gasteiger partial charge in [0.15, 0.2) is 0 Å². The number of hydrogen-bond acceptors (Lipinski definition) is 5. The Morgan fingerprint density at radius 2 is 1.58 bits per heavy atom. The Labute approximate surface area is 117 Å². The first-order valence-corrected chi connectivity index (χ1v) is 8.42. The quantitative estimate of drug-likeness (QED) is 0.378. The van der Waals surface area contributed by atoms with Gasteiger partial charge in [-0.15, -0.1) is 0 Å². The van der Waals surface area contributed by atoms with Crippen LogP contribution in [0.2, 0.25) is 0 Å². The molecule has 0 saturated carbocycles. The Bertz CT molecular complexity index is 276. The molecule has 1 aliphatic heterocycles. The summed E-state index contributed by atoms with van der Waals surface area (Å²) in [6.45, 7) is 2.55. The lowest BCUT2D eigenvalue weighted by Crippen LogP contribution is -2.27. The Morgan fingerprint density at radius 3 is 2.21 bits per heavy atom. The van der Waals surface area contributed by atoms with Crippen LogP contribution < -0.4 is 0 Å². The molecule has 1 aliphatic rings. The predicted molar refractivity (Wildman–Crippen MR) is 74.2 cm³/mol. The first kappa shape index (κ1) is 16.3. The molecule has 0 aromatic rings. The van der Waals surface area contributed by atoms with Crippen molar-refractivity contribution in [1.29, 1.82) is 0 Å². The lowest BCUT2D eigenvalue weighted by Gasteiger charge is -2.13. The molecule has 1 heterocycles. The van der Waals surface area contributed by atoms with Crippen LogP contribution in [0.25, 0.3) is 0 Å². The number of hydrogen-bond donors (Lipinski definition) is 0. The zero-order valence-corrected chi connectivity index (χ0v) is 12.3. The fourth-order valence-corrected chi connectivity index (χ4v) is 3.94. The van der Waals surface area contributed by atoms with E-state index in [1.54, 1.807) is 0 Å². The predicted octanol–water partition coefficient (Wildman–Crippen LogP) is 0.911. The first-order valence-electron chi connectivity index (χ1n) is 6.69. The van der Waals surface area contributed by atoms with Crippen LogP contribution in [0.4, 0.5) is 0 Å². The zero-order chi connectivity index (χ0) is 13.9. The fourth-order valence-electron chi connectivity index (χ4n) is 1.80. The minimum absolute atomic E-state index is 0.117. The van der Waals surface area contributed by atoms with Crippen LogP contribution in [0.15, 0.2) is 0 Å². The van der Waals surface area contributed by atoms with Crippen LogP contribution in [0.5, 0.6) is 0 Å². The van der Waals surface area contributed by atoms with E-state index < -0.39 is 0 Å². The first-order chi connectivity index (χ1) is 9.18. The zero-order valence-electron chi connectivity index (χ0n) is 11.5. The van der Waals surface area contributed by atoms with Gasteiger partial charge in [0.2, 0.25) is 5.75 Å². The SMILES string of the molecule is CC(=O)OCCOCCOC(=O)C[S+]1CCCCC1. The number of ether oxygens (including phenoxy) is 3. The molecule has 0 atom stereocenters. The molecular weight excluding hydrogens is 268 g/mol. The monoisotopic (exact) mass is 291 g/mol. The molecule has 0 radical (unpaired) electrons. The maximum Gasteiger partial charge on any atom is 0.356 e. The highest BCUT2D eigenvalue weighted by atomic mass is 32.2. The van der Waals surface area contributed by atoms with E-state index in [1.807, 2.05) is 0 Å². The molecule has 1 saturated heterocycles. The van der Waals surface area contributed by atoms with E-state index in [0.29, 0.717) is 19.0 Å². The van der Waals surface area contributed by atoms with Gasteiger partial charge in [-0.1, -0.05) is 0 Å².